The van der Waals surface area contributed by atoms with Gasteiger partial charge < -0.3 is 0 Å². The molecule has 5 atom stereocenters. The molecule has 15 heavy (non-hydrogen) atoms. The summed E-state index contributed by atoms with van der Waals surface area (Å²) in [5.74, 6) is 7.84. The quantitative estimate of drug-likeness (QED) is 0.415. The molecule has 1 fully saturated rings. The summed E-state index contributed by atoms with van der Waals surface area (Å²) >= 11 is 0. The third kappa shape index (κ3) is 1.55. The number of hydrogen-bond donors (Lipinski definition) is 2. The fourth-order valence-electron chi connectivity index (χ4n) is 3.52. The van der Waals surface area contributed by atoms with Crippen LogP contribution < -0.4 is 11.3 Å². The second-order valence-corrected chi connectivity index (χ2v) is 5.78. The first-order valence-corrected chi connectivity index (χ1v) is 6.17. The van der Waals surface area contributed by atoms with Crippen molar-refractivity contribution in [1.29, 1.82) is 0 Å². The van der Waals surface area contributed by atoms with Crippen molar-refractivity contribution >= 4 is 0 Å². The lowest BCUT2D eigenvalue weighted by Crippen LogP contribution is -2.54. The second kappa shape index (κ2) is 3.60. The maximum atomic E-state index is 5.67. The van der Waals surface area contributed by atoms with Crippen molar-refractivity contribution < 1.29 is 0 Å². The van der Waals surface area contributed by atoms with E-state index in [2.05, 4.69) is 39.2 Å². The maximum Gasteiger partial charge on any atom is 0.0247 e. The molecule has 2 heteroatoms. The van der Waals surface area contributed by atoms with Crippen LogP contribution in [0.2, 0.25) is 0 Å². The largest absolute Gasteiger partial charge is 0.271 e. The van der Waals surface area contributed by atoms with Crippen LogP contribution in [0.3, 0.4) is 0 Å². The molecule has 0 heterocycles. The normalized spacial score (nSPS) is 50.1. The number of hydrogen-bond acceptors (Lipinski definition) is 2. The smallest absolute Gasteiger partial charge is 0.0247 e. The van der Waals surface area contributed by atoms with E-state index in [1.165, 1.54) is 12.8 Å². The van der Waals surface area contributed by atoms with Crippen molar-refractivity contribution in [3.63, 3.8) is 0 Å². The molecule has 2 aliphatic rings. The average molecular weight is 208 g/mol. The lowest BCUT2D eigenvalue weighted by molar-refractivity contribution is 0.0307. The first-order chi connectivity index (χ1) is 7.01. The summed E-state index contributed by atoms with van der Waals surface area (Å²) in [6, 6.07) is 0.475. The van der Waals surface area contributed by atoms with Gasteiger partial charge in [-0.05, 0) is 36.0 Å². The van der Waals surface area contributed by atoms with E-state index in [0.717, 1.165) is 11.8 Å². The molecule has 0 radical (unpaired) electrons. The van der Waals surface area contributed by atoms with Crippen LogP contribution in [-0.2, 0) is 0 Å². The van der Waals surface area contributed by atoms with Crippen LogP contribution in [-0.4, -0.2) is 6.04 Å². The molecule has 2 rings (SSSR count). The third-order valence-corrected chi connectivity index (χ3v) is 5.29. The Hall–Kier alpha value is -0.340. The summed E-state index contributed by atoms with van der Waals surface area (Å²) in [5, 5.41) is 0. The van der Waals surface area contributed by atoms with Crippen LogP contribution in [0.5, 0.6) is 0 Å². The minimum atomic E-state index is 0.370. The van der Waals surface area contributed by atoms with Gasteiger partial charge in [0, 0.05) is 6.04 Å². The van der Waals surface area contributed by atoms with Gasteiger partial charge in [-0.25, -0.2) is 0 Å². The van der Waals surface area contributed by atoms with E-state index >= 15 is 0 Å². The number of allylic oxidation sites excluding steroid dienone is 2. The zero-order valence-corrected chi connectivity index (χ0v) is 10.4. The highest BCUT2D eigenvalue weighted by Crippen LogP contribution is 2.56. The van der Waals surface area contributed by atoms with Crippen LogP contribution in [0, 0.1) is 23.2 Å². The van der Waals surface area contributed by atoms with Crippen molar-refractivity contribution in [2.75, 3.05) is 0 Å². The lowest BCUT2D eigenvalue weighted by atomic mass is 9.56. The molecule has 3 N–H and O–H groups in total. The van der Waals surface area contributed by atoms with E-state index in [1.54, 1.807) is 5.57 Å². The Bertz CT molecular complexity index is 284. The van der Waals surface area contributed by atoms with Gasteiger partial charge in [0.2, 0.25) is 0 Å². The fraction of sp³-hybridized carbons (Fsp3) is 0.846. The van der Waals surface area contributed by atoms with E-state index < -0.39 is 0 Å². The highest BCUT2D eigenvalue weighted by molar-refractivity contribution is 5.32. The van der Waals surface area contributed by atoms with E-state index in [-0.39, 0.29) is 0 Å². The molecular weight excluding hydrogens is 184 g/mol. The Morgan fingerprint density at radius 3 is 2.40 bits per heavy atom. The Balaban J connectivity index is 2.28. The van der Waals surface area contributed by atoms with Gasteiger partial charge >= 0.3 is 0 Å². The standard InChI is InChI=1S/C13H24N2/c1-8-7-12(15-14)10(3)13(4,9(8)2)11-5-6-11/h5,8-10,12,15H,6-7,14H2,1-4H3/t8-,9?,10?,12?,13?/m1/s1. The maximum absolute atomic E-state index is 5.67. The average Bonchev–Trinajstić information content (AvgIpc) is 3.04. The number of hydrazine groups is 1. The van der Waals surface area contributed by atoms with Crippen LogP contribution in [0.15, 0.2) is 11.6 Å². The van der Waals surface area contributed by atoms with E-state index in [4.69, 9.17) is 5.84 Å². The monoisotopic (exact) mass is 208 g/mol. The van der Waals surface area contributed by atoms with Crippen molar-refractivity contribution in [3.8, 4) is 0 Å². The highest BCUT2D eigenvalue weighted by atomic mass is 15.2. The van der Waals surface area contributed by atoms with Gasteiger partial charge in [0.1, 0.15) is 0 Å². The minimum Gasteiger partial charge on any atom is -0.271 e. The zero-order valence-electron chi connectivity index (χ0n) is 10.4. The molecule has 4 unspecified atom stereocenters. The lowest BCUT2D eigenvalue weighted by Gasteiger charge is -2.51. The van der Waals surface area contributed by atoms with Crippen LogP contribution in [0.25, 0.3) is 0 Å². The fourth-order valence-corrected chi connectivity index (χ4v) is 3.52. The molecule has 0 saturated heterocycles. The highest BCUT2D eigenvalue weighted by Gasteiger charge is 2.50. The molecule has 2 nitrogen and oxygen atoms in total. The molecule has 0 aromatic carbocycles. The summed E-state index contributed by atoms with van der Waals surface area (Å²) in [6.45, 7) is 9.56. The molecule has 2 aliphatic carbocycles. The van der Waals surface area contributed by atoms with Gasteiger partial charge in [-0.1, -0.05) is 39.3 Å². The number of rotatable bonds is 2. The van der Waals surface area contributed by atoms with Crippen LogP contribution in [0.1, 0.15) is 40.5 Å². The first-order valence-electron chi connectivity index (χ1n) is 6.17. The topological polar surface area (TPSA) is 38.0 Å². The Labute approximate surface area is 93.3 Å². The Kier molecular flexibility index (Phi) is 2.68. The molecule has 0 aromatic heterocycles. The zero-order chi connectivity index (χ0) is 11.2. The number of nitrogens with two attached hydrogens (primary N) is 1. The summed E-state index contributed by atoms with van der Waals surface area (Å²) in [7, 11) is 0. The summed E-state index contributed by atoms with van der Waals surface area (Å²) < 4.78 is 0. The van der Waals surface area contributed by atoms with Crippen LogP contribution >= 0.6 is 0 Å². The van der Waals surface area contributed by atoms with Gasteiger partial charge in [-0.2, -0.15) is 0 Å². The Morgan fingerprint density at radius 2 is 1.93 bits per heavy atom. The van der Waals surface area contributed by atoms with E-state index in [0.29, 0.717) is 17.4 Å². The van der Waals surface area contributed by atoms with Gasteiger partial charge in [-0.3, -0.25) is 11.3 Å². The second-order valence-electron chi connectivity index (χ2n) is 5.78. The molecule has 0 amide bonds. The molecule has 0 aromatic rings. The first kappa shape index (κ1) is 11.2. The summed E-state index contributed by atoms with van der Waals surface area (Å²) in [6.07, 6.45) is 4.83. The minimum absolute atomic E-state index is 0.370. The van der Waals surface area contributed by atoms with Crippen LogP contribution in [0.4, 0.5) is 0 Å². The van der Waals surface area contributed by atoms with Crippen molar-refractivity contribution in [2.24, 2.45) is 29.0 Å². The van der Waals surface area contributed by atoms with Gasteiger partial charge in [0.05, 0.1) is 0 Å². The molecule has 1 saturated carbocycles. The predicted octanol–water partition coefficient (Wildman–Crippen LogP) is 2.47. The van der Waals surface area contributed by atoms with Gasteiger partial charge in [0.25, 0.3) is 0 Å². The molecule has 0 spiro atoms. The molecule has 86 valence electrons. The summed E-state index contributed by atoms with van der Waals surface area (Å²) in [4.78, 5) is 0. The SMILES string of the molecule is CC1C(NN)C[C@@H](C)C(C)C1(C)C1=CC1. The summed E-state index contributed by atoms with van der Waals surface area (Å²) in [5.41, 5.74) is 5.05. The number of nitrogens with one attached hydrogen (secondary N) is 1. The van der Waals surface area contributed by atoms with E-state index in [9.17, 15) is 0 Å². The van der Waals surface area contributed by atoms with Gasteiger partial charge in [0.15, 0.2) is 0 Å². The molecule has 0 bridgehead atoms. The Morgan fingerprint density at radius 1 is 1.33 bits per heavy atom. The molecular formula is C13H24N2. The molecule has 0 aliphatic heterocycles. The van der Waals surface area contributed by atoms with Gasteiger partial charge in [-0.15, -0.1) is 0 Å². The van der Waals surface area contributed by atoms with Crippen molar-refractivity contribution in [1.82, 2.24) is 5.43 Å². The third-order valence-electron chi connectivity index (χ3n) is 5.29. The van der Waals surface area contributed by atoms with Crippen molar-refractivity contribution in [3.05, 3.63) is 11.6 Å². The van der Waals surface area contributed by atoms with Crippen molar-refractivity contribution in [2.45, 2.75) is 46.6 Å². The van der Waals surface area contributed by atoms with E-state index in [1.807, 2.05) is 0 Å². The predicted molar refractivity (Wildman–Crippen MR) is 64.0 cm³/mol.